The number of hydrogen-bond donors (Lipinski definition) is 4. The van der Waals surface area contributed by atoms with E-state index in [0.717, 1.165) is 27.5 Å². The maximum absolute atomic E-state index is 14.0. The van der Waals surface area contributed by atoms with Crippen molar-refractivity contribution in [2.75, 3.05) is 36.5 Å². The number of ether oxygens (including phenoxy) is 1. The third-order valence-corrected chi connectivity index (χ3v) is 7.52. The van der Waals surface area contributed by atoms with Crippen LogP contribution in [0.2, 0.25) is 0 Å². The van der Waals surface area contributed by atoms with Crippen molar-refractivity contribution in [3.05, 3.63) is 102 Å². The monoisotopic (exact) mass is 573 g/mol. The van der Waals surface area contributed by atoms with Crippen LogP contribution in [0.1, 0.15) is 16.8 Å². The molecule has 6 N–H and O–H groups in total. The number of halogens is 1. The van der Waals surface area contributed by atoms with E-state index < -0.39 is 6.17 Å². The van der Waals surface area contributed by atoms with Crippen LogP contribution in [0, 0.1) is 11.2 Å². The number of benzene rings is 3. The molecule has 2 aliphatic rings. The topological polar surface area (TPSA) is 152 Å². The third-order valence-electron chi connectivity index (χ3n) is 6.37. The number of nitrogens with one attached hydrogen (secondary N) is 2. The minimum absolute atomic E-state index is 0.236. The first-order chi connectivity index (χ1) is 20.0. The third kappa shape index (κ3) is 6.31. The summed E-state index contributed by atoms with van der Waals surface area (Å²) in [5.74, 6) is 4.22. The lowest BCUT2D eigenvalue weighted by molar-refractivity contribution is -0.117. The molecule has 6 rings (SSSR count). The molecule has 1 amide bonds. The van der Waals surface area contributed by atoms with Gasteiger partial charge in [-0.1, -0.05) is 72.0 Å². The molecular weight excluding hydrogens is 545 g/mol. The lowest BCUT2D eigenvalue weighted by Crippen LogP contribution is -2.36. The lowest BCUT2D eigenvalue weighted by Gasteiger charge is -2.27. The molecule has 3 heterocycles. The Kier molecular flexibility index (Phi) is 8.75. The Morgan fingerprint density at radius 1 is 1.02 bits per heavy atom. The summed E-state index contributed by atoms with van der Waals surface area (Å²) in [7, 11) is 0. The number of nitrogens with zero attached hydrogens (tertiary/aromatic N) is 3. The summed E-state index contributed by atoms with van der Waals surface area (Å²) >= 11 is 1.32. The normalized spacial score (nSPS) is 16.4. The number of morpholine rings is 1. The predicted molar refractivity (Wildman–Crippen MR) is 158 cm³/mol. The summed E-state index contributed by atoms with van der Waals surface area (Å²) < 4.78 is 19.3. The summed E-state index contributed by atoms with van der Waals surface area (Å²) in [5, 5.41) is 11.8. The second kappa shape index (κ2) is 12.8. The smallest absolute Gasteiger partial charge is 0.263 e. The fourth-order valence-electron chi connectivity index (χ4n) is 4.35. The van der Waals surface area contributed by atoms with Crippen LogP contribution in [0.3, 0.4) is 0 Å². The number of hydrogen-bond acceptors (Lipinski definition) is 10. The molecule has 1 aromatic heterocycles. The van der Waals surface area contributed by atoms with Crippen molar-refractivity contribution in [3.63, 3.8) is 0 Å². The van der Waals surface area contributed by atoms with E-state index in [4.69, 9.17) is 21.8 Å². The molecule has 0 radical (unpaired) electrons. The summed E-state index contributed by atoms with van der Waals surface area (Å²) in [6.45, 7) is 2.57. The molecule has 41 heavy (non-hydrogen) atoms. The van der Waals surface area contributed by atoms with Gasteiger partial charge in [0.25, 0.3) is 11.8 Å². The van der Waals surface area contributed by atoms with E-state index in [1.54, 1.807) is 18.2 Å². The molecular formula is C29H28FN7O3S. The first-order valence-electron chi connectivity index (χ1n) is 12.8. The van der Waals surface area contributed by atoms with Gasteiger partial charge in [-0.25, -0.2) is 9.37 Å². The van der Waals surface area contributed by atoms with E-state index in [1.165, 1.54) is 17.4 Å². The summed E-state index contributed by atoms with van der Waals surface area (Å²) in [5.41, 5.74) is 9.82. The molecule has 1 unspecified atom stereocenters. The van der Waals surface area contributed by atoms with Crippen molar-refractivity contribution in [3.8, 4) is 10.6 Å². The Balaban J connectivity index is 0.000000166. The fourth-order valence-corrected chi connectivity index (χ4v) is 5.49. The number of rotatable bonds is 4. The number of aliphatic imine (C=N–C) groups is 1. The number of carbonyl (C=O) groups excluding carboxylic acids is 1. The summed E-state index contributed by atoms with van der Waals surface area (Å²) in [6, 6.07) is 23.7. The van der Waals surface area contributed by atoms with Crippen LogP contribution in [0.4, 0.5) is 15.1 Å². The zero-order valence-electron chi connectivity index (χ0n) is 21.9. The van der Waals surface area contributed by atoms with E-state index in [2.05, 4.69) is 25.0 Å². The van der Waals surface area contributed by atoms with Crippen LogP contribution < -0.4 is 21.8 Å². The van der Waals surface area contributed by atoms with Gasteiger partial charge >= 0.3 is 0 Å². The fraction of sp³-hybridized carbons (Fsp3) is 0.172. The first kappa shape index (κ1) is 28.1. The van der Waals surface area contributed by atoms with E-state index in [1.807, 2.05) is 54.6 Å². The number of carbonyl (C=O) groups is 1. The van der Waals surface area contributed by atoms with Gasteiger partial charge in [-0.15, -0.1) is 0 Å². The largest absolute Gasteiger partial charge is 0.389 e. The molecule has 1 saturated heterocycles. The second-order valence-corrected chi connectivity index (χ2v) is 10.00. The predicted octanol–water partition coefficient (Wildman–Crippen LogP) is 3.76. The number of fused-ring (bicyclic) bond motifs is 1. The number of amides is 1. The first-order valence-corrected chi connectivity index (χ1v) is 13.6. The van der Waals surface area contributed by atoms with E-state index in [-0.39, 0.29) is 17.6 Å². The van der Waals surface area contributed by atoms with Crippen molar-refractivity contribution >= 4 is 39.5 Å². The van der Waals surface area contributed by atoms with Gasteiger partial charge in [0.15, 0.2) is 11.9 Å². The van der Waals surface area contributed by atoms with Gasteiger partial charge in [-0.05, 0) is 18.2 Å². The molecule has 0 spiro atoms. The Bertz CT molecular complexity index is 1570. The van der Waals surface area contributed by atoms with E-state index in [9.17, 15) is 9.18 Å². The molecule has 2 aliphatic heterocycles. The van der Waals surface area contributed by atoms with Crippen molar-refractivity contribution < 1.29 is 18.8 Å². The number of benzodiazepines with no additional fused rings is 1. The van der Waals surface area contributed by atoms with Gasteiger partial charge in [0.2, 0.25) is 0 Å². The molecule has 12 heteroatoms. The minimum Gasteiger partial charge on any atom is -0.389 e. The molecule has 1 atom stereocenters. The molecule has 210 valence electrons. The van der Waals surface area contributed by atoms with Crippen LogP contribution in [0.5, 0.6) is 0 Å². The highest BCUT2D eigenvalue weighted by Gasteiger charge is 2.25. The highest BCUT2D eigenvalue weighted by molar-refractivity contribution is 7.19. The number of thiazole rings is 1. The molecule has 0 aliphatic carbocycles. The van der Waals surface area contributed by atoms with Crippen molar-refractivity contribution in [2.24, 2.45) is 16.6 Å². The highest BCUT2D eigenvalue weighted by Crippen LogP contribution is 2.36. The van der Waals surface area contributed by atoms with Crippen LogP contribution in [0.25, 0.3) is 10.6 Å². The van der Waals surface area contributed by atoms with Crippen molar-refractivity contribution in [1.82, 2.24) is 4.98 Å². The number of para-hydroxylation sites is 1. The Morgan fingerprint density at radius 3 is 2.39 bits per heavy atom. The van der Waals surface area contributed by atoms with Gasteiger partial charge in [0.05, 0.1) is 24.6 Å². The average Bonchev–Trinajstić information content (AvgIpc) is 3.41. The summed E-state index contributed by atoms with van der Waals surface area (Å²) in [6.07, 6.45) is -0.886. The Labute approximate surface area is 239 Å². The molecule has 3 aromatic carbocycles. The maximum atomic E-state index is 14.0. The van der Waals surface area contributed by atoms with Crippen LogP contribution in [-0.4, -0.2) is 55.0 Å². The number of anilines is 2. The highest BCUT2D eigenvalue weighted by atomic mass is 32.1. The van der Waals surface area contributed by atoms with Gasteiger partial charge < -0.3 is 25.5 Å². The Hall–Kier alpha value is -4.49. The lowest BCUT2D eigenvalue weighted by atomic mass is 10.0. The van der Waals surface area contributed by atoms with E-state index >= 15 is 0 Å². The van der Waals surface area contributed by atoms with Gasteiger partial charge in [-0.3, -0.25) is 15.2 Å². The quantitative estimate of drug-likeness (QED) is 0.165. The van der Waals surface area contributed by atoms with Gasteiger partial charge in [0.1, 0.15) is 15.8 Å². The second-order valence-electron chi connectivity index (χ2n) is 9.02. The van der Waals surface area contributed by atoms with Crippen LogP contribution in [0.15, 0.2) is 83.9 Å². The molecule has 0 bridgehead atoms. The number of aromatic nitrogens is 1. The Morgan fingerprint density at radius 2 is 1.68 bits per heavy atom. The molecule has 10 nitrogen and oxygen atoms in total. The van der Waals surface area contributed by atoms with Crippen molar-refractivity contribution in [1.29, 1.82) is 5.41 Å². The van der Waals surface area contributed by atoms with E-state index in [0.29, 0.717) is 42.6 Å². The molecule has 1 fully saturated rings. The average molecular weight is 574 g/mol. The SMILES string of the molecule is N=C(ON)c1nc(-c2ccccc2F)sc1N1CCOCC1.NC1N=C(c2ccccc2)c2ccccc2NC1=O. The van der Waals surface area contributed by atoms with Gasteiger partial charge in [-0.2, -0.15) is 5.90 Å². The maximum Gasteiger partial charge on any atom is 0.263 e. The zero-order valence-corrected chi connectivity index (χ0v) is 22.7. The molecule has 4 aromatic rings. The van der Waals surface area contributed by atoms with Crippen molar-refractivity contribution in [2.45, 2.75) is 6.17 Å². The van der Waals surface area contributed by atoms with Crippen LogP contribution >= 0.6 is 11.3 Å². The number of nitrogens with two attached hydrogens (primary N) is 2. The molecule has 0 saturated carbocycles. The van der Waals surface area contributed by atoms with Gasteiger partial charge in [0, 0.05) is 29.8 Å². The zero-order chi connectivity index (χ0) is 28.8. The van der Waals surface area contributed by atoms with Crippen LogP contribution in [-0.2, 0) is 14.4 Å². The summed E-state index contributed by atoms with van der Waals surface area (Å²) in [4.78, 5) is 27.1. The standard InChI is InChI=1S/C15H13N3O.C14H15FN4O2S/c16-14-15(19)17-12-9-5-4-8-11(12)13(18-14)10-6-2-1-3-7-10;15-10-4-2-1-3-9(10)13-18-11(12(16)21-17)14(22-13)19-5-7-20-8-6-19/h1-9,14H,16H2,(H,17,19);1-4,16H,5-8,17H2. The minimum atomic E-state index is -0.886.